The lowest BCUT2D eigenvalue weighted by Crippen LogP contribution is -2.06. The van der Waals surface area contributed by atoms with Crippen molar-refractivity contribution in [3.8, 4) is 0 Å². The molecule has 0 aliphatic carbocycles. The molecule has 1 heterocycles. The molecule has 17 heavy (non-hydrogen) atoms. The van der Waals surface area contributed by atoms with Crippen molar-refractivity contribution in [1.82, 2.24) is 15.0 Å². The van der Waals surface area contributed by atoms with Gasteiger partial charge < -0.3 is 5.11 Å². The van der Waals surface area contributed by atoms with Crippen molar-refractivity contribution in [2.45, 2.75) is 32.9 Å². The van der Waals surface area contributed by atoms with Gasteiger partial charge in [-0.15, -0.1) is 5.10 Å². The summed E-state index contributed by atoms with van der Waals surface area (Å²) < 4.78 is 1.71. The van der Waals surface area contributed by atoms with Crippen LogP contribution in [0.4, 0.5) is 0 Å². The maximum absolute atomic E-state index is 9.10. The van der Waals surface area contributed by atoms with Crippen LogP contribution in [0.15, 0.2) is 30.5 Å². The fraction of sp³-hybridized carbons (Fsp3) is 0.385. The second-order valence-corrected chi connectivity index (χ2v) is 4.44. The van der Waals surface area contributed by atoms with E-state index in [1.165, 1.54) is 5.56 Å². The van der Waals surface area contributed by atoms with Crippen molar-refractivity contribution in [1.29, 1.82) is 0 Å². The first kappa shape index (κ1) is 11.8. The molecular weight excluding hydrogens is 214 g/mol. The summed E-state index contributed by atoms with van der Waals surface area (Å²) in [6.07, 6.45) is 1.59. The molecule has 2 rings (SSSR count). The summed E-state index contributed by atoms with van der Waals surface area (Å²) in [5.41, 5.74) is 3.22. The Bertz CT molecular complexity index is 474. The molecule has 1 aromatic carbocycles. The van der Waals surface area contributed by atoms with Gasteiger partial charge in [-0.05, 0) is 17.0 Å². The van der Waals surface area contributed by atoms with Gasteiger partial charge in [-0.3, -0.25) is 0 Å². The van der Waals surface area contributed by atoms with E-state index in [4.69, 9.17) is 5.11 Å². The lowest BCUT2D eigenvalue weighted by Gasteiger charge is -2.08. The van der Waals surface area contributed by atoms with Gasteiger partial charge in [0.05, 0.1) is 25.0 Å². The van der Waals surface area contributed by atoms with Crippen LogP contribution in [-0.2, 0) is 13.2 Å². The first-order valence-corrected chi connectivity index (χ1v) is 5.77. The highest BCUT2D eigenvalue weighted by molar-refractivity contribution is 5.24. The van der Waals surface area contributed by atoms with E-state index in [9.17, 15) is 0 Å². The standard InChI is InChI=1S/C13H17N3O/c1-10(2)12-5-3-11(4-6-12)8-16-13(9-17)7-14-15-16/h3-7,10,17H,8-9H2,1-2H3. The Morgan fingerprint density at radius 2 is 1.94 bits per heavy atom. The Morgan fingerprint density at radius 3 is 2.53 bits per heavy atom. The van der Waals surface area contributed by atoms with E-state index in [2.05, 4.69) is 48.4 Å². The fourth-order valence-electron chi connectivity index (χ4n) is 1.72. The van der Waals surface area contributed by atoms with Gasteiger partial charge in [0.15, 0.2) is 0 Å². The number of aliphatic hydroxyl groups is 1. The van der Waals surface area contributed by atoms with E-state index in [1.807, 2.05) is 0 Å². The summed E-state index contributed by atoms with van der Waals surface area (Å²) in [5, 5.41) is 16.8. The normalized spacial score (nSPS) is 11.1. The second kappa shape index (κ2) is 5.10. The molecule has 0 atom stereocenters. The number of aliphatic hydroxyl groups excluding tert-OH is 1. The lowest BCUT2D eigenvalue weighted by molar-refractivity contribution is 0.269. The molecule has 0 aliphatic rings. The molecule has 2 aromatic rings. The van der Waals surface area contributed by atoms with Crippen LogP contribution in [0.3, 0.4) is 0 Å². The number of nitrogens with zero attached hydrogens (tertiary/aromatic N) is 3. The zero-order valence-electron chi connectivity index (χ0n) is 10.2. The van der Waals surface area contributed by atoms with Gasteiger partial charge >= 0.3 is 0 Å². The molecule has 0 unspecified atom stereocenters. The van der Waals surface area contributed by atoms with Crippen LogP contribution in [0.25, 0.3) is 0 Å². The van der Waals surface area contributed by atoms with Crippen LogP contribution in [0.5, 0.6) is 0 Å². The zero-order valence-corrected chi connectivity index (χ0v) is 10.2. The Kier molecular flexibility index (Phi) is 3.54. The van der Waals surface area contributed by atoms with Crippen LogP contribution in [0, 0.1) is 0 Å². The smallest absolute Gasteiger partial charge is 0.0866 e. The van der Waals surface area contributed by atoms with Gasteiger partial charge in [0.25, 0.3) is 0 Å². The topological polar surface area (TPSA) is 50.9 Å². The highest BCUT2D eigenvalue weighted by Crippen LogP contribution is 2.15. The fourth-order valence-corrected chi connectivity index (χ4v) is 1.72. The van der Waals surface area contributed by atoms with E-state index in [0.29, 0.717) is 12.5 Å². The minimum Gasteiger partial charge on any atom is -0.390 e. The number of benzene rings is 1. The summed E-state index contributed by atoms with van der Waals surface area (Å²) >= 11 is 0. The molecule has 0 aliphatic heterocycles. The molecule has 0 spiro atoms. The predicted molar refractivity (Wildman–Crippen MR) is 65.6 cm³/mol. The summed E-state index contributed by atoms with van der Waals surface area (Å²) in [7, 11) is 0. The highest BCUT2D eigenvalue weighted by Gasteiger charge is 2.04. The number of aromatic nitrogens is 3. The molecule has 0 bridgehead atoms. The maximum atomic E-state index is 9.10. The zero-order chi connectivity index (χ0) is 12.3. The minimum absolute atomic E-state index is 0.0307. The van der Waals surface area contributed by atoms with Gasteiger partial charge in [0.2, 0.25) is 0 Å². The molecule has 4 nitrogen and oxygen atoms in total. The lowest BCUT2D eigenvalue weighted by atomic mass is 10.0. The first-order valence-electron chi connectivity index (χ1n) is 5.77. The molecule has 4 heteroatoms. The van der Waals surface area contributed by atoms with Gasteiger partial charge in [0.1, 0.15) is 0 Å². The maximum Gasteiger partial charge on any atom is 0.0866 e. The third-order valence-corrected chi connectivity index (χ3v) is 2.84. The Morgan fingerprint density at radius 1 is 1.24 bits per heavy atom. The van der Waals surface area contributed by atoms with Crippen LogP contribution in [0.1, 0.15) is 36.6 Å². The van der Waals surface area contributed by atoms with Crippen molar-refractivity contribution >= 4 is 0 Å². The van der Waals surface area contributed by atoms with Crippen LogP contribution >= 0.6 is 0 Å². The van der Waals surface area contributed by atoms with Crippen molar-refractivity contribution in [2.75, 3.05) is 0 Å². The Balaban J connectivity index is 2.14. The molecule has 0 amide bonds. The molecular formula is C13H17N3O. The largest absolute Gasteiger partial charge is 0.390 e. The molecule has 90 valence electrons. The van der Waals surface area contributed by atoms with Crippen molar-refractivity contribution in [3.05, 3.63) is 47.3 Å². The summed E-state index contributed by atoms with van der Waals surface area (Å²) in [6, 6.07) is 8.46. The third kappa shape index (κ3) is 2.71. The minimum atomic E-state index is -0.0307. The molecule has 1 aromatic heterocycles. The molecule has 1 N–H and O–H groups in total. The Hall–Kier alpha value is -1.68. The SMILES string of the molecule is CC(C)c1ccc(Cn2nncc2CO)cc1. The monoisotopic (exact) mass is 231 g/mol. The van der Waals surface area contributed by atoms with E-state index in [1.54, 1.807) is 10.9 Å². The predicted octanol–water partition coefficient (Wildman–Crippen LogP) is 1.94. The Labute approximate surface area is 101 Å². The molecule has 0 radical (unpaired) electrons. The number of hydrogen-bond acceptors (Lipinski definition) is 3. The average molecular weight is 231 g/mol. The van der Waals surface area contributed by atoms with Crippen LogP contribution in [0.2, 0.25) is 0 Å². The highest BCUT2D eigenvalue weighted by atomic mass is 16.3. The van der Waals surface area contributed by atoms with Crippen LogP contribution < -0.4 is 0 Å². The number of rotatable bonds is 4. The quantitative estimate of drug-likeness (QED) is 0.875. The van der Waals surface area contributed by atoms with Gasteiger partial charge in [0, 0.05) is 0 Å². The average Bonchev–Trinajstić information content (AvgIpc) is 2.77. The van der Waals surface area contributed by atoms with Gasteiger partial charge in [-0.1, -0.05) is 43.3 Å². The van der Waals surface area contributed by atoms with Crippen molar-refractivity contribution in [3.63, 3.8) is 0 Å². The summed E-state index contributed by atoms with van der Waals surface area (Å²) in [5.74, 6) is 0.545. The van der Waals surface area contributed by atoms with E-state index >= 15 is 0 Å². The van der Waals surface area contributed by atoms with Gasteiger partial charge in [-0.2, -0.15) is 0 Å². The molecule has 0 fully saturated rings. The van der Waals surface area contributed by atoms with E-state index in [-0.39, 0.29) is 6.61 Å². The van der Waals surface area contributed by atoms with E-state index < -0.39 is 0 Å². The number of hydrogen-bond donors (Lipinski definition) is 1. The van der Waals surface area contributed by atoms with Crippen molar-refractivity contribution < 1.29 is 5.11 Å². The summed E-state index contributed by atoms with van der Waals surface area (Å²) in [4.78, 5) is 0. The van der Waals surface area contributed by atoms with Gasteiger partial charge in [-0.25, -0.2) is 4.68 Å². The first-order chi connectivity index (χ1) is 8.20. The van der Waals surface area contributed by atoms with Crippen molar-refractivity contribution in [2.24, 2.45) is 0 Å². The molecule has 0 saturated heterocycles. The van der Waals surface area contributed by atoms with Crippen LogP contribution in [-0.4, -0.2) is 20.1 Å². The van der Waals surface area contributed by atoms with E-state index in [0.717, 1.165) is 11.3 Å². The third-order valence-electron chi connectivity index (χ3n) is 2.84. The second-order valence-electron chi connectivity index (χ2n) is 4.44. The molecule has 0 saturated carbocycles. The summed E-state index contributed by atoms with van der Waals surface area (Å²) in [6.45, 7) is 4.97.